The summed E-state index contributed by atoms with van der Waals surface area (Å²) in [6, 6.07) is 9.18. The van der Waals surface area contributed by atoms with Crippen LogP contribution < -0.4 is 5.73 Å². The number of nitrogens with zero attached hydrogens (tertiary/aromatic N) is 1. The molecule has 0 bridgehead atoms. The van der Waals surface area contributed by atoms with Crippen LogP contribution in [0.3, 0.4) is 0 Å². The number of aromatic hydroxyl groups is 1. The predicted molar refractivity (Wildman–Crippen MR) is 143 cm³/mol. The summed E-state index contributed by atoms with van der Waals surface area (Å²) in [6.45, 7) is 1.41. The Morgan fingerprint density at radius 2 is 1.63 bits per heavy atom. The molecule has 0 spiro atoms. The summed E-state index contributed by atoms with van der Waals surface area (Å²) in [5.41, 5.74) is 3.44. The van der Waals surface area contributed by atoms with E-state index >= 15 is 0 Å². The number of fused-ring (bicyclic) bond motifs is 3. The summed E-state index contributed by atoms with van der Waals surface area (Å²) in [5.74, 6) is -13.7. The van der Waals surface area contributed by atoms with Crippen LogP contribution in [0.25, 0.3) is 11.6 Å². The summed E-state index contributed by atoms with van der Waals surface area (Å²) >= 11 is 0. The Labute approximate surface area is 234 Å². The van der Waals surface area contributed by atoms with Crippen LogP contribution in [0.5, 0.6) is 5.75 Å². The molecule has 1 amide bonds. The number of nitrogens with two attached hydrogens (primary N) is 1. The first-order chi connectivity index (χ1) is 19.2. The largest absolute Gasteiger partial charge is 0.507 e. The smallest absolute Gasteiger partial charge is 0.235 e. The predicted octanol–water partition coefficient (Wildman–Crippen LogP) is 0.0385. The van der Waals surface area contributed by atoms with Gasteiger partial charge in [0.15, 0.2) is 40.4 Å². The van der Waals surface area contributed by atoms with Gasteiger partial charge in [0.2, 0.25) is 5.91 Å². The second-order valence-electron chi connectivity index (χ2n) is 11.0. The molecule has 2 aromatic rings. The fourth-order valence-corrected chi connectivity index (χ4v) is 6.66. The van der Waals surface area contributed by atoms with Gasteiger partial charge in [-0.2, -0.15) is 0 Å². The van der Waals surface area contributed by atoms with Gasteiger partial charge in [-0.1, -0.05) is 42.5 Å². The van der Waals surface area contributed by atoms with Gasteiger partial charge in [0.25, 0.3) is 0 Å². The van der Waals surface area contributed by atoms with Crippen molar-refractivity contribution in [3.63, 3.8) is 0 Å². The monoisotopic (exact) mass is 560 g/mol. The van der Waals surface area contributed by atoms with Gasteiger partial charge in [0, 0.05) is 11.5 Å². The highest BCUT2D eigenvalue weighted by Gasteiger charge is 2.72. The normalized spacial score (nSPS) is 32.0. The molecular weight excluding hydrogens is 532 g/mol. The van der Waals surface area contributed by atoms with E-state index in [1.807, 2.05) is 0 Å². The van der Waals surface area contributed by atoms with Crippen LogP contribution in [0.2, 0.25) is 0 Å². The Kier molecular flexibility index (Phi) is 6.64. The van der Waals surface area contributed by atoms with Crippen molar-refractivity contribution in [2.75, 3.05) is 14.1 Å². The summed E-state index contributed by atoms with van der Waals surface area (Å²) in [7, 11) is 2.85. The van der Waals surface area contributed by atoms with Crippen LogP contribution in [0.15, 0.2) is 42.5 Å². The second-order valence-corrected chi connectivity index (χ2v) is 11.0. The molecule has 2 unspecified atom stereocenters. The fraction of sp³-hybridized carbons (Fsp3) is 0.333. The number of carbonyl (C=O) groups excluding carboxylic acids is 6. The van der Waals surface area contributed by atoms with Gasteiger partial charge >= 0.3 is 0 Å². The summed E-state index contributed by atoms with van der Waals surface area (Å²) in [6.07, 6.45) is -0.227. The lowest BCUT2D eigenvalue weighted by molar-refractivity contribution is -0.192. The third kappa shape index (κ3) is 3.91. The molecule has 5 N–H and O–H groups in total. The van der Waals surface area contributed by atoms with Gasteiger partial charge in [-0.3, -0.25) is 33.7 Å². The van der Waals surface area contributed by atoms with E-state index in [9.17, 15) is 44.1 Å². The lowest BCUT2D eigenvalue weighted by atomic mass is 9.50. The van der Waals surface area contributed by atoms with Gasteiger partial charge in [-0.25, -0.2) is 0 Å². The molecule has 212 valence electrons. The Morgan fingerprint density at radius 3 is 2.20 bits per heavy atom. The van der Waals surface area contributed by atoms with Gasteiger partial charge in [0.1, 0.15) is 5.75 Å². The number of phenols is 1. The Morgan fingerprint density at radius 1 is 1.00 bits per heavy atom. The minimum atomic E-state index is -3.09. The number of aliphatic hydroxyl groups is 2. The number of likely N-dealkylation sites (N-methyl/N-ethyl adjacent to an activating group) is 1. The number of primary amides is 1. The number of amides is 1. The van der Waals surface area contributed by atoms with E-state index in [2.05, 4.69) is 0 Å². The van der Waals surface area contributed by atoms with Crippen LogP contribution in [-0.4, -0.2) is 86.9 Å². The zero-order chi connectivity index (χ0) is 30.1. The van der Waals surface area contributed by atoms with E-state index in [1.165, 1.54) is 44.1 Å². The van der Waals surface area contributed by atoms with E-state index in [1.54, 1.807) is 30.3 Å². The van der Waals surface area contributed by atoms with E-state index in [0.29, 0.717) is 11.1 Å². The Bertz CT molecular complexity index is 1570. The molecular formula is C30H28N2O9. The average molecular weight is 561 g/mol. The highest BCUT2D eigenvalue weighted by Crippen LogP contribution is 2.54. The first-order valence-electron chi connectivity index (χ1n) is 12.9. The number of hydrogen-bond donors (Lipinski definition) is 4. The maximum Gasteiger partial charge on any atom is 0.235 e. The number of rotatable bonds is 4. The molecule has 0 aliphatic heterocycles. The second kappa shape index (κ2) is 9.65. The topological polar surface area (TPSA) is 192 Å². The molecule has 0 radical (unpaired) electrons. The molecule has 2 aromatic carbocycles. The number of phenolic OH excluding ortho intramolecular Hbond substituents is 1. The van der Waals surface area contributed by atoms with Crippen LogP contribution in [0, 0.1) is 23.7 Å². The number of benzene rings is 2. The molecule has 3 aliphatic rings. The third-order valence-corrected chi connectivity index (χ3v) is 8.51. The maximum atomic E-state index is 14.1. The van der Waals surface area contributed by atoms with Crippen LogP contribution in [0.4, 0.5) is 0 Å². The van der Waals surface area contributed by atoms with Crippen LogP contribution >= 0.6 is 0 Å². The molecule has 2 saturated carbocycles. The minimum Gasteiger partial charge on any atom is -0.507 e. The van der Waals surface area contributed by atoms with Gasteiger partial charge < -0.3 is 21.1 Å². The lowest BCUT2D eigenvalue weighted by Gasteiger charge is -2.55. The number of carbonyl (C=O) groups is 6. The van der Waals surface area contributed by atoms with E-state index in [0.717, 1.165) is 0 Å². The van der Waals surface area contributed by atoms with E-state index in [-0.39, 0.29) is 22.5 Å². The molecule has 11 nitrogen and oxygen atoms in total. The minimum absolute atomic E-state index is 0.161. The zero-order valence-electron chi connectivity index (χ0n) is 22.4. The third-order valence-electron chi connectivity index (χ3n) is 8.51. The highest BCUT2D eigenvalue weighted by molar-refractivity contribution is 6.33. The van der Waals surface area contributed by atoms with Crippen molar-refractivity contribution in [1.82, 2.24) is 4.90 Å². The number of hydrogen-bond acceptors (Lipinski definition) is 10. The Balaban J connectivity index is 1.77. The maximum absolute atomic E-state index is 14.1. The molecule has 11 heteroatoms. The quantitative estimate of drug-likeness (QED) is 0.293. The van der Waals surface area contributed by atoms with E-state index in [4.69, 9.17) is 5.73 Å². The van der Waals surface area contributed by atoms with E-state index < -0.39 is 76.2 Å². The SMILES string of the molecule is CC(=O)c1ccc(C=C2c3cccc(O)c3C(=O)C3C(=O)[C@]4(O)C(=O)C(C(N)=O)C(=O)[C@@H](N(C)C)[C@@H]4[C@@H](O)[C@H]23)cc1. The lowest BCUT2D eigenvalue weighted by Crippen LogP contribution is -2.77. The molecule has 0 aromatic heterocycles. The molecule has 0 saturated heterocycles. The van der Waals surface area contributed by atoms with Gasteiger partial charge in [0.05, 0.1) is 29.5 Å². The molecule has 2 fully saturated rings. The molecule has 41 heavy (non-hydrogen) atoms. The number of aliphatic hydroxyl groups excluding tert-OH is 1. The fourth-order valence-electron chi connectivity index (χ4n) is 6.66. The van der Waals surface area contributed by atoms with Gasteiger partial charge in [-0.15, -0.1) is 0 Å². The van der Waals surface area contributed by atoms with Crippen molar-refractivity contribution in [1.29, 1.82) is 0 Å². The average Bonchev–Trinajstić information content (AvgIpc) is 2.90. The first kappa shape index (κ1) is 28.2. The van der Waals surface area contributed by atoms with Gasteiger partial charge in [-0.05, 0) is 43.8 Å². The summed E-state index contributed by atoms with van der Waals surface area (Å²) < 4.78 is 0. The van der Waals surface area contributed by atoms with Crippen molar-refractivity contribution < 1.29 is 44.1 Å². The first-order valence-corrected chi connectivity index (χ1v) is 12.9. The summed E-state index contributed by atoms with van der Waals surface area (Å²) in [5, 5.41) is 34.3. The number of Topliss-reactive ketones (excluding diaryl/α,β-unsaturated/α-hetero) is 5. The van der Waals surface area contributed by atoms with Crippen molar-refractivity contribution >= 4 is 46.5 Å². The number of ketones is 5. The van der Waals surface area contributed by atoms with Crippen molar-refractivity contribution in [3.8, 4) is 5.75 Å². The Hall–Kier alpha value is -4.32. The molecule has 0 heterocycles. The van der Waals surface area contributed by atoms with Crippen LogP contribution in [0.1, 0.15) is 38.8 Å². The standard InChI is InChI=1S/C30H28N2O9/c1-12(33)14-9-7-13(8-10-14)11-16-15-5-4-6-17(34)18(15)24(35)20-19(16)25(36)22-23(32(2)3)26(37)21(29(31)40)28(39)30(22,41)27(20)38/h4-11,19-23,25,34,36,41H,1-3H3,(H2,31,40)/t19-,20?,21?,22-,23+,25+,30+/m1/s1. The van der Waals surface area contributed by atoms with Crippen LogP contribution in [-0.2, 0) is 19.2 Å². The summed E-state index contributed by atoms with van der Waals surface area (Å²) in [4.78, 5) is 80.0. The molecule has 3 aliphatic carbocycles. The molecule has 7 atom stereocenters. The zero-order valence-corrected chi connectivity index (χ0v) is 22.4. The van der Waals surface area contributed by atoms with Crippen molar-refractivity contribution in [3.05, 3.63) is 64.7 Å². The van der Waals surface area contributed by atoms with Crippen molar-refractivity contribution in [2.24, 2.45) is 29.4 Å². The van der Waals surface area contributed by atoms with Crippen molar-refractivity contribution in [2.45, 2.75) is 24.7 Å². The highest BCUT2D eigenvalue weighted by atomic mass is 16.3. The molecule has 5 rings (SSSR count).